The maximum Gasteiger partial charge on any atom is 0.311 e. The van der Waals surface area contributed by atoms with E-state index < -0.39 is 12.1 Å². The van der Waals surface area contributed by atoms with E-state index in [0.29, 0.717) is 11.3 Å². The maximum absolute atomic E-state index is 13.0. The van der Waals surface area contributed by atoms with Crippen molar-refractivity contribution in [3.63, 3.8) is 0 Å². The van der Waals surface area contributed by atoms with Gasteiger partial charge in [-0.25, -0.2) is 0 Å². The number of hydrogen-bond donors (Lipinski definition) is 1. The van der Waals surface area contributed by atoms with Crippen molar-refractivity contribution in [1.82, 2.24) is 0 Å². The minimum Gasteiger partial charge on any atom is -0.447 e. The average Bonchev–Trinajstić information content (AvgIpc) is 2.71. The molecule has 148 valence electrons. The molecule has 3 rings (SSSR count). The zero-order valence-corrected chi connectivity index (χ0v) is 17.9. The molecule has 0 radical (unpaired) electrons. The number of carbonyl (C=O) groups excluding carboxylic acids is 2. The molecule has 3 aromatic carbocycles. The summed E-state index contributed by atoms with van der Waals surface area (Å²) in [6.45, 7) is 3.88. The number of amides is 1. The van der Waals surface area contributed by atoms with Crippen molar-refractivity contribution in [2.45, 2.75) is 26.4 Å². The fraction of sp³-hybridized carbons (Fsp3) is 0.167. The van der Waals surface area contributed by atoms with Crippen LogP contribution < -0.4 is 5.32 Å². The van der Waals surface area contributed by atoms with Gasteiger partial charge in [0.2, 0.25) is 6.10 Å². The highest BCUT2D eigenvalue weighted by atomic mass is 79.9. The Hall–Kier alpha value is -2.92. The second kappa shape index (κ2) is 9.52. The van der Waals surface area contributed by atoms with Crippen LogP contribution in [0.25, 0.3) is 0 Å². The lowest BCUT2D eigenvalue weighted by molar-refractivity contribution is -0.154. The molecule has 0 aliphatic rings. The Kier molecular flexibility index (Phi) is 6.83. The monoisotopic (exact) mass is 451 g/mol. The van der Waals surface area contributed by atoms with Gasteiger partial charge in [0.1, 0.15) is 0 Å². The van der Waals surface area contributed by atoms with E-state index in [1.54, 1.807) is 12.1 Å². The normalized spacial score (nSPS) is 11.6. The molecule has 0 saturated heterocycles. The van der Waals surface area contributed by atoms with Crippen molar-refractivity contribution in [1.29, 1.82) is 0 Å². The van der Waals surface area contributed by atoms with Gasteiger partial charge >= 0.3 is 5.97 Å². The molecule has 0 heterocycles. The van der Waals surface area contributed by atoms with Gasteiger partial charge in [-0.05, 0) is 48.7 Å². The van der Waals surface area contributed by atoms with Gasteiger partial charge in [-0.15, -0.1) is 0 Å². The van der Waals surface area contributed by atoms with Crippen LogP contribution in [0.4, 0.5) is 5.69 Å². The molecule has 5 heteroatoms. The Morgan fingerprint density at radius 1 is 0.966 bits per heavy atom. The zero-order chi connectivity index (χ0) is 20.8. The second-order valence-electron chi connectivity index (χ2n) is 6.89. The van der Waals surface area contributed by atoms with Gasteiger partial charge in [0.15, 0.2) is 0 Å². The number of esters is 1. The van der Waals surface area contributed by atoms with Crippen LogP contribution in [0.1, 0.15) is 28.4 Å². The molecule has 0 aliphatic heterocycles. The fourth-order valence-electron chi connectivity index (χ4n) is 2.91. The van der Waals surface area contributed by atoms with E-state index in [-0.39, 0.29) is 12.3 Å². The highest BCUT2D eigenvalue weighted by molar-refractivity contribution is 9.10. The fourth-order valence-corrected chi connectivity index (χ4v) is 3.18. The Morgan fingerprint density at radius 2 is 1.66 bits per heavy atom. The van der Waals surface area contributed by atoms with Crippen molar-refractivity contribution in [3.8, 4) is 0 Å². The molecule has 0 bridgehead atoms. The number of anilines is 1. The molecule has 0 aromatic heterocycles. The molecule has 3 aromatic rings. The number of halogens is 1. The van der Waals surface area contributed by atoms with E-state index in [9.17, 15) is 9.59 Å². The summed E-state index contributed by atoms with van der Waals surface area (Å²) in [7, 11) is 0. The van der Waals surface area contributed by atoms with Crippen LogP contribution in [-0.4, -0.2) is 11.9 Å². The van der Waals surface area contributed by atoms with Crippen LogP contribution in [0.3, 0.4) is 0 Å². The van der Waals surface area contributed by atoms with E-state index in [4.69, 9.17) is 4.74 Å². The van der Waals surface area contributed by atoms with Crippen LogP contribution in [-0.2, 0) is 20.7 Å². The van der Waals surface area contributed by atoms with Gasteiger partial charge in [0, 0.05) is 15.7 Å². The lowest BCUT2D eigenvalue weighted by Gasteiger charge is -2.19. The van der Waals surface area contributed by atoms with Crippen LogP contribution >= 0.6 is 15.9 Å². The zero-order valence-electron chi connectivity index (χ0n) is 16.3. The molecule has 0 fully saturated rings. The van der Waals surface area contributed by atoms with Crippen molar-refractivity contribution < 1.29 is 14.3 Å². The van der Waals surface area contributed by atoms with Gasteiger partial charge in [-0.2, -0.15) is 0 Å². The highest BCUT2D eigenvalue weighted by Gasteiger charge is 2.25. The summed E-state index contributed by atoms with van der Waals surface area (Å²) >= 11 is 3.37. The summed E-state index contributed by atoms with van der Waals surface area (Å²) in [6.07, 6.45) is -0.938. The van der Waals surface area contributed by atoms with E-state index in [2.05, 4.69) is 21.2 Å². The molecule has 0 spiro atoms. The number of aryl methyl sites for hydroxylation is 2. The summed E-state index contributed by atoms with van der Waals surface area (Å²) in [5, 5.41) is 2.90. The molecule has 1 N–H and O–H groups in total. The second-order valence-corrected chi connectivity index (χ2v) is 7.81. The van der Waals surface area contributed by atoms with Crippen LogP contribution in [0.2, 0.25) is 0 Å². The third kappa shape index (κ3) is 5.78. The quantitative estimate of drug-likeness (QED) is 0.501. The molecule has 0 unspecified atom stereocenters. The van der Waals surface area contributed by atoms with Gasteiger partial charge in [0.25, 0.3) is 5.91 Å². The van der Waals surface area contributed by atoms with Crippen molar-refractivity contribution in [2.75, 3.05) is 5.32 Å². The predicted octanol–water partition coefficient (Wildman–Crippen LogP) is 5.53. The first-order chi connectivity index (χ1) is 13.9. The third-order valence-corrected chi connectivity index (χ3v) is 5.03. The molecule has 4 nitrogen and oxygen atoms in total. The summed E-state index contributed by atoms with van der Waals surface area (Å²) < 4.78 is 6.55. The molecule has 0 saturated carbocycles. The van der Waals surface area contributed by atoms with Crippen LogP contribution in [0.5, 0.6) is 0 Å². The molecular weight excluding hydrogens is 430 g/mol. The van der Waals surface area contributed by atoms with Gasteiger partial charge in [0.05, 0.1) is 6.42 Å². The first kappa shape index (κ1) is 20.8. The Bertz CT molecular complexity index is 1000. The number of benzene rings is 3. The first-order valence-electron chi connectivity index (χ1n) is 9.29. The number of carbonyl (C=O) groups is 2. The third-order valence-electron chi connectivity index (χ3n) is 4.50. The number of ether oxygens (including phenoxy) is 1. The van der Waals surface area contributed by atoms with Gasteiger partial charge in [-0.3, -0.25) is 9.59 Å². The molecule has 1 amide bonds. The molecule has 29 heavy (non-hydrogen) atoms. The van der Waals surface area contributed by atoms with Crippen molar-refractivity contribution in [2.24, 2.45) is 0 Å². The molecule has 0 aliphatic carbocycles. The van der Waals surface area contributed by atoms with Gasteiger partial charge < -0.3 is 10.1 Å². The largest absolute Gasteiger partial charge is 0.447 e. The highest BCUT2D eigenvalue weighted by Crippen LogP contribution is 2.23. The summed E-state index contributed by atoms with van der Waals surface area (Å²) in [6, 6.07) is 22.3. The Morgan fingerprint density at radius 3 is 2.34 bits per heavy atom. The summed E-state index contributed by atoms with van der Waals surface area (Å²) in [5.74, 6) is -0.841. The van der Waals surface area contributed by atoms with E-state index in [1.165, 1.54) is 0 Å². The average molecular weight is 452 g/mol. The van der Waals surface area contributed by atoms with Gasteiger partial charge in [-0.1, -0.05) is 70.5 Å². The summed E-state index contributed by atoms with van der Waals surface area (Å²) in [4.78, 5) is 25.6. The predicted molar refractivity (Wildman–Crippen MR) is 118 cm³/mol. The minimum absolute atomic E-state index is 0.0906. The van der Waals surface area contributed by atoms with E-state index >= 15 is 0 Å². The number of hydrogen-bond acceptors (Lipinski definition) is 3. The topological polar surface area (TPSA) is 55.4 Å². The Labute approximate surface area is 179 Å². The first-order valence-corrected chi connectivity index (χ1v) is 10.1. The Balaban J connectivity index is 1.79. The smallest absolute Gasteiger partial charge is 0.311 e. The van der Waals surface area contributed by atoms with Crippen LogP contribution in [0.15, 0.2) is 77.3 Å². The summed E-state index contributed by atoms with van der Waals surface area (Å²) in [5.41, 5.74) is 4.13. The molecular formula is C24H22BrNO3. The van der Waals surface area contributed by atoms with Crippen LogP contribution in [0, 0.1) is 13.8 Å². The van der Waals surface area contributed by atoms with Crippen molar-refractivity contribution in [3.05, 3.63) is 99.5 Å². The standard InChI is InChI=1S/C24H22BrNO3/c1-16-8-9-17(2)21(14-16)26-24(28)23(19-6-4-3-5-7-19)29-22(27)15-18-10-12-20(25)13-11-18/h3-14,23H,15H2,1-2H3,(H,26,28)/t23-/m1/s1. The maximum atomic E-state index is 13.0. The van der Waals surface area contributed by atoms with E-state index in [1.807, 2.05) is 74.5 Å². The lowest BCUT2D eigenvalue weighted by atomic mass is 10.1. The molecule has 1 atom stereocenters. The van der Waals surface area contributed by atoms with E-state index in [0.717, 1.165) is 21.2 Å². The minimum atomic E-state index is -1.03. The number of rotatable bonds is 6. The number of nitrogens with one attached hydrogen (secondary N) is 1. The van der Waals surface area contributed by atoms with Crippen molar-refractivity contribution >= 4 is 33.5 Å². The SMILES string of the molecule is Cc1ccc(C)c(NC(=O)[C@H](OC(=O)Cc2ccc(Br)cc2)c2ccccc2)c1. The lowest BCUT2D eigenvalue weighted by Crippen LogP contribution is -2.26.